The Morgan fingerprint density at radius 1 is 1.17 bits per heavy atom. The molecule has 7 nitrogen and oxygen atoms in total. The number of rotatable bonds is 4. The van der Waals surface area contributed by atoms with E-state index in [-0.39, 0.29) is 5.91 Å². The van der Waals surface area contributed by atoms with E-state index >= 15 is 0 Å². The first kappa shape index (κ1) is 18.8. The third-order valence-electron chi connectivity index (χ3n) is 4.83. The molecule has 0 spiro atoms. The number of nitrogens with two attached hydrogens (primary N) is 1. The normalized spacial score (nSPS) is 15.5. The maximum atomic E-state index is 12.4. The van der Waals surface area contributed by atoms with Crippen LogP contribution in [0.2, 0.25) is 0 Å². The molecule has 3 aromatic rings. The van der Waals surface area contributed by atoms with Crippen molar-refractivity contribution in [3.63, 3.8) is 0 Å². The number of anilines is 1. The van der Waals surface area contributed by atoms with Crippen LogP contribution in [0, 0.1) is 0 Å². The Morgan fingerprint density at radius 3 is 2.62 bits per heavy atom. The van der Waals surface area contributed by atoms with Crippen molar-refractivity contribution in [1.82, 2.24) is 4.90 Å². The highest BCUT2D eigenvalue weighted by atomic mass is 16.5. The van der Waals surface area contributed by atoms with Crippen molar-refractivity contribution in [1.29, 1.82) is 0 Å². The van der Waals surface area contributed by atoms with Crippen LogP contribution in [0.5, 0.6) is 5.75 Å². The maximum Gasteiger partial charge on any atom is 0.253 e. The van der Waals surface area contributed by atoms with Crippen molar-refractivity contribution in [2.24, 2.45) is 10.7 Å². The van der Waals surface area contributed by atoms with Crippen LogP contribution < -0.4 is 15.4 Å². The van der Waals surface area contributed by atoms with Crippen LogP contribution in [0.4, 0.5) is 11.6 Å². The Balaban J connectivity index is 1.84. The van der Waals surface area contributed by atoms with E-state index in [9.17, 15) is 4.79 Å². The lowest BCUT2D eigenvalue weighted by Gasteiger charge is -2.34. The van der Waals surface area contributed by atoms with Crippen LogP contribution in [-0.2, 0) is 0 Å². The molecule has 0 radical (unpaired) electrons. The van der Waals surface area contributed by atoms with Gasteiger partial charge in [-0.05, 0) is 42.5 Å². The molecule has 0 aliphatic carbocycles. The Kier molecular flexibility index (Phi) is 4.82. The standard InChI is InChI=1S/C22H22N4O3/c1-25(2)22(27)15-6-4-5-14(13-15)20-24-21-18(11-12-29-21)19(23)26(20)16-7-9-17(28-3)10-8-16/h4-13,19H,23H2,1-3H3. The summed E-state index contributed by atoms with van der Waals surface area (Å²) in [7, 11) is 5.07. The molecule has 0 bridgehead atoms. The molecule has 1 amide bonds. The molecule has 7 heteroatoms. The zero-order valence-corrected chi connectivity index (χ0v) is 16.5. The Hall–Kier alpha value is -3.58. The second-order valence-corrected chi connectivity index (χ2v) is 6.91. The number of carbonyl (C=O) groups excluding carboxylic acids is 1. The molecule has 0 saturated heterocycles. The number of methoxy groups -OCH3 is 1. The summed E-state index contributed by atoms with van der Waals surface area (Å²) in [6, 6.07) is 16.8. The fourth-order valence-corrected chi connectivity index (χ4v) is 3.33. The molecule has 148 valence electrons. The lowest BCUT2D eigenvalue weighted by Crippen LogP contribution is -2.42. The van der Waals surface area contributed by atoms with E-state index in [0.29, 0.717) is 17.3 Å². The van der Waals surface area contributed by atoms with Gasteiger partial charge >= 0.3 is 0 Å². The quantitative estimate of drug-likeness (QED) is 0.737. The van der Waals surface area contributed by atoms with E-state index in [1.54, 1.807) is 38.4 Å². The molecule has 0 saturated carbocycles. The fourth-order valence-electron chi connectivity index (χ4n) is 3.33. The third kappa shape index (κ3) is 3.36. The van der Waals surface area contributed by atoms with Crippen molar-refractivity contribution in [2.75, 3.05) is 26.1 Å². The van der Waals surface area contributed by atoms with E-state index in [2.05, 4.69) is 0 Å². The predicted molar refractivity (Wildman–Crippen MR) is 112 cm³/mol. The molecule has 1 aliphatic heterocycles. The maximum absolute atomic E-state index is 12.4. The number of aliphatic imine (C=N–C) groups is 1. The Labute approximate surface area is 169 Å². The fraction of sp³-hybridized carbons (Fsp3) is 0.182. The van der Waals surface area contributed by atoms with Crippen molar-refractivity contribution in [3.05, 3.63) is 77.6 Å². The molecule has 0 fully saturated rings. The Bertz CT molecular complexity index is 1070. The molecular formula is C22H22N4O3. The first-order valence-corrected chi connectivity index (χ1v) is 9.16. The molecular weight excluding hydrogens is 368 g/mol. The monoisotopic (exact) mass is 390 g/mol. The molecule has 2 aromatic carbocycles. The van der Waals surface area contributed by atoms with Gasteiger partial charge in [-0.2, -0.15) is 4.99 Å². The largest absolute Gasteiger partial charge is 0.497 e. The van der Waals surface area contributed by atoms with Crippen LogP contribution in [0.1, 0.15) is 27.7 Å². The summed E-state index contributed by atoms with van der Waals surface area (Å²) < 4.78 is 10.8. The summed E-state index contributed by atoms with van der Waals surface area (Å²) in [5.41, 5.74) is 9.58. The van der Waals surface area contributed by atoms with Gasteiger partial charge in [0.15, 0.2) is 0 Å². The molecule has 1 aliphatic rings. The molecule has 1 atom stereocenters. The second-order valence-electron chi connectivity index (χ2n) is 6.91. The van der Waals surface area contributed by atoms with Crippen molar-refractivity contribution >= 4 is 23.3 Å². The van der Waals surface area contributed by atoms with Crippen LogP contribution in [0.3, 0.4) is 0 Å². The minimum atomic E-state index is -0.488. The highest BCUT2D eigenvalue weighted by molar-refractivity contribution is 6.13. The number of nitrogens with zero attached hydrogens (tertiary/aromatic N) is 3. The van der Waals surface area contributed by atoms with Gasteiger partial charge in [0.05, 0.1) is 18.9 Å². The van der Waals surface area contributed by atoms with Gasteiger partial charge in [0, 0.05) is 30.9 Å². The highest BCUT2D eigenvalue weighted by Crippen LogP contribution is 2.37. The van der Waals surface area contributed by atoms with Gasteiger partial charge in [-0.1, -0.05) is 12.1 Å². The molecule has 1 aromatic heterocycles. The van der Waals surface area contributed by atoms with E-state index in [1.165, 1.54) is 0 Å². The summed E-state index contributed by atoms with van der Waals surface area (Å²) in [5.74, 6) is 1.75. The lowest BCUT2D eigenvalue weighted by molar-refractivity contribution is 0.0827. The molecule has 1 unspecified atom stereocenters. The average Bonchev–Trinajstić information content (AvgIpc) is 3.22. The number of hydrogen-bond acceptors (Lipinski definition) is 6. The topological polar surface area (TPSA) is 84.3 Å². The summed E-state index contributed by atoms with van der Waals surface area (Å²) in [5, 5.41) is 0. The van der Waals surface area contributed by atoms with Gasteiger partial charge in [0.25, 0.3) is 5.91 Å². The number of amidine groups is 1. The summed E-state index contributed by atoms with van der Waals surface area (Å²) in [4.78, 5) is 20.6. The van der Waals surface area contributed by atoms with Crippen LogP contribution >= 0.6 is 0 Å². The Morgan fingerprint density at radius 2 is 1.93 bits per heavy atom. The van der Waals surface area contributed by atoms with Gasteiger partial charge in [0.2, 0.25) is 5.88 Å². The molecule has 29 heavy (non-hydrogen) atoms. The minimum absolute atomic E-state index is 0.0813. The van der Waals surface area contributed by atoms with Crippen molar-refractivity contribution in [2.45, 2.75) is 6.17 Å². The van der Waals surface area contributed by atoms with Crippen molar-refractivity contribution < 1.29 is 13.9 Å². The van der Waals surface area contributed by atoms with E-state index in [1.807, 2.05) is 53.4 Å². The molecule has 4 rings (SSSR count). The van der Waals surface area contributed by atoms with Crippen molar-refractivity contribution in [3.8, 4) is 5.75 Å². The highest BCUT2D eigenvalue weighted by Gasteiger charge is 2.31. The summed E-state index contributed by atoms with van der Waals surface area (Å²) in [6.45, 7) is 0. The predicted octanol–water partition coefficient (Wildman–Crippen LogP) is 3.55. The molecule has 2 heterocycles. The number of ether oxygens (including phenoxy) is 1. The third-order valence-corrected chi connectivity index (χ3v) is 4.83. The first-order valence-electron chi connectivity index (χ1n) is 9.16. The number of hydrogen-bond donors (Lipinski definition) is 1. The van der Waals surface area contributed by atoms with Crippen LogP contribution in [-0.4, -0.2) is 37.8 Å². The molecule has 2 N–H and O–H groups in total. The van der Waals surface area contributed by atoms with Crippen LogP contribution in [0.25, 0.3) is 0 Å². The van der Waals surface area contributed by atoms with E-state index in [0.717, 1.165) is 22.6 Å². The van der Waals surface area contributed by atoms with Gasteiger partial charge in [-0.15, -0.1) is 0 Å². The van der Waals surface area contributed by atoms with Crippen LogP contribution in [0.15, 0.2) is 70.3 Å². The number of fused-ring (bicyclic) bond motifs is 1. The number of furan rings is 1. The SMILES string of the molecule is COc1ccc(N2C(c3cccc(C(=O)N(C)C)c3)=Nc3occc3C2N)cc1. The lowest BCUT2D eigenvalue weighted by atomic mass is 10.0. The van der Waals surface area contributed by atoms with Gasteiger partial charge < -0.3 is 24.7 Å². The number of carbonyl (C=O) groups is 1. The number of benzene rings is 2. The zero-order chi connectivity index (χ0) is 20.5. The summed E-state index contributed by atoms with van der Waals surface area (Å²) in [6.07, 6.45) is 1.09. The van der Waals surface area contributed by atoms with E-state index < -0.39 is 6.17 Å². The first-order chi connectivity index (χ1) is 14.0. The second kappa shape index (κ2) is 7.44. The van der Waals surface area contributed by atoms with Gasteiger partial charge in [-0.25, -0.2) is 0 Å². The zero-order valence-electron chi connectivity index (χ0n) is 16.5. The minimum Gasteiger partial charge on any atom is -0.497 e. The average molecular weight is 390 g/mol. The van der Waals surface area contributed by atoms with Gasteiger partial charge in [-0.3, -0.25) is 4.79 Å². The smallest absolute Gasteiger partial charge is 0.253 e. The van der Waals surface area contributed by atoms with E-state index in [4.69, 9.17) is 19.9 Å². The summed E-state index contributed by atoms with van der Waals surface area (Å²) >= 11 is 0. The number of amides is 1. The van der Waals surface area contributed by atoms with Gasteiger partial charge in [0.1, 0.15) is 17.8 Å².